The maximum Gasteiger partial charge on any atom is 0.410 e. The minimum absolute atomic E-state index is 0.236. The number of esters is 1. The summed E-state index contributed by atoms with van der Waals surface area (Å²) < 4.78 is 11.0. The highest BCUT2D eigenvalue weighted by atomic mass is 16.6. The largest absolute Gasteiger partial charge is 0.456 e. The quantitative estimate of drug-likeness (QED) is 0.636. The molecule has 1 heterocycles. The predicted molar refractivity (Wildman–Crippen MR) is 111 cm³/mol. The molecule has 2 atom stereocenters. The summed E-state index contributed by atoms with van der Waals surface area (Å²) in [6, 6.07) is 7.71. The van der Waals surface area contributed by atoms with Crippen LogP contribution in [0.4, 0.5) is 4.79 Å². The Morgan fingerprint density at radius 3 is 1.96 bits per heavy atom. The van der Waals surface area contributed by atoms with Gasteiger partial charge in [0, 0.05) is 13.1 Å². The number of hydrogen-bond acceptors (Lipinski definition) is 4. The third kappa shape index (κ3) is 6.54. The third-order valence-corrected chi connectivity index (χ3v) is 4.88. The summed E-state index contributed by atoms with van der Waals surface area (Å²) >= 11 is 0. The van der Waals surface area contributed by atoms with Crippen LogP contribution in [0.25, 0.3) is 0 Å². The Morgan fingerprint density at radius 2 is 1.43 bits per heavy atom. The van der Waals surface area contributed by atoms with Crippen LogP contribution in [0.1, 0.15) is 83.1 Å². The first-order chi connectivity index (χ1) is 12.9. The highest BCUT2D eigenvalue weighted by molar-refractivity contribution is 5.89. The van der Waals surface area contributed by atoms with Crippen LogP contribution in [0, 0.1) is 5.92 Å². The lowest BCUT2D eigenvalue weighted by atomic mass is 9.83. The molecule has 1 aromatic rings. The lowest BCUT2D eigenvalue weighted by Gasteiger charge is -2.26. The van der Waals surface area contributed by atoms with Crippen molar-refractivity contribution in [3.8, 4) is 0 Å². The van der Waals surface area contributed by atoms with Crippen molar-refractivity contribution in [3.63, 3.8) is 0 Å². The van der Waals surface area contributed by atoms with Crippen LogP contribution in [0.5, 0.6) is 0 Å². The van der Waals surface area contributed by atoms with Crippen LogP contribution in [0.15, 0.2) is 24.3 Å². The zero-order valence-corrected chi connectivity index (χ0v) is 18.4. The van der Waals surface area contributed by atoms with Crippen LogP contribution >= 0.6 is 0 Å². The van der Waals surface area contributed by atoms with Crippen molar-refractivity contribution in [2.24, 2.45) is 5.92 Å². The van der Waals surface area contributed by atoms with E-state index in [0.29, 0.717) is 30.5 Å². The zero-order chi connectivity index (χ0) is 21.1. The predicted octanol–water partition coefficient (Wildman–Crippen LogP) is 5.39. The van der Waals surface area contributed by atoms with Gasteiger partial charge in [0.25, 0.3) is 0 Å². The van der Waals surface area contributed by atoms with Gasteiger partial charge in [-0.25, -0.2) is 9.59 Å². The van der Waals surface area contributed by atoms with E-state index in [9.17, 15) is 9.59 Å². The van der Waals surface area contributed by atoms with Gasteiger partial charge in [0.2, 0.25) is 0 Å². The van der Waals surface area contributed by atoms with Gasteiger partial charge in [-0.05, 0) is 83.9 Å². The highest BCUT2D eigenvalue weighted by Crippen LogP contribution is 2.33. The number of ether oxygens (including phenoxy) is 2. The van der Waals surface area contributed by atoms with E-state index in [4.69, 9.17) is 9.47 Å². The standard InChI is InChI=1S/C23H35NO4/c1-16-12-14-24(21(26)28-23(5,6)7)15-13-19(16)17-8-10-18(11-9-17)20(25)27-22(2,3)4/h8-11,16,19H,12-15H2,1-7H3/t16-,19-/m1/s1. The minimum atomic E-state index is -0.503. The molecule has 1 saturated heterocycles. The van der Waals surface area contributed by atoms with Crippen LogP contribution in [-0.2, 0) is 9.47 Å². The van der Waals surface area contributed by atoms with E-state index in [1.807, 2.05) is 70.7 Å². The van der Waals surface area contributed by atoms with Crippen LogP contribution < -0.4 is 0 Å². The molecule has 0 N–H and O–H groups in total. The van der Waals surface area contributed by atoms with Crippen molar-refractivity contribution in [3.05, 3.63) is 35.4 Å². The number of benzene rings is 1. The summed E-state index contributed by atoms with van der Waals surface area (Å²) in [7, 11) is 0. The second-order valence-corrected chi connectivity index (χ2v) is 9.75. The lowest BCUT2D eigenvalue weighted by Crippen LogP contribution is -2.37. The summed E-state index contributed by atoms with van der Waals surface area (Å²) in [6.07, 6.45) is 1.57. The Bertz CT molecular complexity index is 682. The van der Waals surface area contributed by atoms with Crippen molar-refractivity contribution in [1.29, 1.82) is 0 Å². The fourth-order valence-electron chi connectivity index (χ4n) is 3.46. The van der Waals surface area contributed by atoms with Crippen LogP contribution in [-0.4, -0.2) is 41.3 Å². The number of hydrogen-bond donors (Lipinski definition) is 0. The third-order valence-electron chi connectivity index (χ3n) is 4.88. The maximum absolute atomic E-state index is 12.4. The van der Waals surface area contributed by atoms with Crippen LogP contribution in [0.3, 0.4) is 0 Å². The Kier molecular flexibility index (Phi) is 6.79. The number of carbonyl (C=O) groups excluding carboxylic acids is 2. The summed E-state index contributed by atoms with van der Waals surface area (Å²) in [6.45, 7) is 14.9. The van der Waals surface area contributed by atoms with Gasteiger partial charge in [0.15, 0.2) is 0 Å². The summed E-state index contributed by atoms with van der Waals surface area (Å²) in [5.41, 5.74) is 0.781. The van der Waals surface area contributed by atoms with Gasteiger partial charge >= 0.3 is 12.1 Å². The van der Waals surface area contributed by atoms with E-state index in [1.54, 1.807) is 0 Å². The van der Waals surface area contributed by atoms with Crippen molar-refractivity contribution >= 4 is 12.1 Å². The Hall–Kier alpha value is -2.04. The number of amides is 1. The topological polar surface area (TPSA) is 55.8 Å². The van der Waals surface area contributed by atoms with E-state index in [-0.39, 0.29) is 12.1 Å². The molecular weight excluding hydrogens is 354 g/mol. The molecule has 0 radical (unpaired) electrons. The molecule has 0 unspecified atom stereocenters. The Morgan fingerprint density at radius 1 is 0.893 bits per heavy atom. The van der Waals surface area contributed by atoms with E-state index in [2.05, 4.69) is 6.92 Å². The molecule has 156 valence electrons. The van der Waals surface area contributed by atoms with Crippen molar-refractivity contribution in [1.82, 2.24) is 4.90 Å². The van der Waals surface area contributed by atoms with E-state index in [0.717, 1.165) is 12.8 Å². The van der Waals surface area contributed by atoms with Gasteiger partial charge in [-0.2, -0.15) is 0 Å². The molecule has 28 heavy (non-hydrogen) atoms. The molecule has 2 rings (SSSR count). The van der Waals surface area contributed by atoms with Crippen molar-refractivity contribution < 1.29 is 19.1 Å². The molecule has 1 amide bonds. The van der Waals surface area contributed by atoms with Crippen LogP contribution in [0.2, 0.25) is 0 Å². The molecule has 0 spiro atoms. The van der Waals surface area contributed by atoms with E-state index < -0.39 is 11.2 Å². The monoisotopic (exact) mass is 389 g/mol. The molecule has 0 bridgehead atoms. The summed E-state index contributed by atoms with van der Waals surface area (Å²) in [5.74, 6) is 0.490. The molecule has 1 aliphatic heterocycles. The molecule has 0 aromatic heterocycles. The highest BCUT2D eigenvalue weighted by Gasteiger charge is 2.29. The van der Waals surface area contributed by atoms with Gasteiger partial charge < -0.3 is 14.4 Å². The van der Waals surface area contributed by atoms with Gasteiger partial charge in [-0.3, -0.25) is 0 Å². The van der Waals surface area contributed by atoms with Gasteiger partial charge in [0.05, 0.1) is 5.56 Å². The van der Waals surface area contributed by atoms with E-state index >= 15 is 0 Å². The first-order valence-electron chi connectivity index (χ1n) is 10.2. The van der Waals surface area contributed by atoms with Crippen molar-refractivity contribution in [2.75, 3.05) is 13.1 Å². The zero-order valence-electron chi connectivity index (χ0n) is 18.4. The number of rotatable bonds is 2. The van der Waals surface area contributed by atoms with Gasteiger partial charge in [-0.15, -0.1) is 0 Å². The molecule has 5 nitrogen and oxygen atoms in total. The molecule has 5 heteroatoms. The second kappa shape index (κ2) is 8.54. The summed E-state index contributed by atoms with van der Waals surface area (Å²) in [4.78, 5) is 26.4. The molecule has 1 aromatic carbocycles. The number of likely N-dealkylation sites (tertiary alicyclic amines) is 1. The molecule has 1 aliphatic rings. The molecule has 0 saturated carbocycles. The average molecular weight is 390 g/mol. The first-order valence-corrected chi connectivity index (χ1v) is 10.2. The molecular formula is C23H35NO4. The smallest absolute Gasteiger partial charge is 0.410 e. The summed E-state index contributed by atoms with van der Waals surface area (Å²) in [5, 5.41) is 0. The fraction of sp³-hybridized carbons (Fsp3) is 0.652. The van der Waals surface area contributed by atoms with Gasteiger partial charge in [-0.1, -0.05) is 19.1 Å². The Balaban J connectivity index is 2.05. The average Bonchev–Trinajstić information content (AvgIpc) is 2.74. The molecule has 0 aliphatic carbocycles. The SMILES string of the molecule is C[C@@H]1CCN(C(=O)OC(C)(C)C)CC[C@H]1c1ccc(C(=O)OC(C)(C)C)cc1. The molecule has 1 fully saturated rings. The minimum Gasteiger partial charge on any atom is -0.456 e. The normalized spacial score (nSPS) is 21.0. The van der Waals surface area contributed by atoms with Gasteiger partial charge in [0.1, 0.15) is 11.2 Å². The number of carbonyl (C=O) groups is 2. The lowest BCUT2D eigenvalue weighted by molar-refractivity contribution is 0.00687. The number of nitrogens with zero attached hydrogens (tertiary/aromatic N) is 1. The Labute approximate surface area is 169 Å². The maximum atomic E-state index is 12.4. The fourth-order valence-corrected chi connectivity index (χ4v) is 3.46. The first kappa shape index (κ1) is 22.3. The van der Waals surface area contributed by atoms with E-state index in [1.165, 1.54) is 5.56 Å². The van der Waals surface area contributed by atoms with Crippen molar-refractivity contribution in [2.45, 2.75) is 78.4 Å². The second-order valence-electron chi connectivity index (χ2n) is 9.75.